The Morgan fingerprint density at radius 3 is 3.36 bits per heavy atom. The second-order valence-electron chi connectivity index (χ2n) is 4.00. The van der Waals surface area contributed by atoms with Gasteiger partial charge in [-0.2, -0.15) is 0 Å². The fraction of sp³-hybridized carbons (Fsp3) is 0.400. The van der Waals surface area contributed by atoms with Gasteiger partial charge < -0.3 is 5.32 Å². The normalized spacial score (nSPS) is 28.6. The first kappa shape index (κ1) is 7.79. The van der Waals surface area contributed by atoms with Crippen molar-refractivity contribution >= 4 is 17.4 Å². The van der Waals surface area contributed by atoms with Gasteiger partial charge in [0.15, 0.2) is 5.82 Å². The molecule has 1 fully saturated rings. The molecule has 3 heterocycles. The summed E-state index contributed by atoms with van der Waals surface area (Å²) in [5.74, 6) is 1.01. The molecule has 4 nitrogen and oxygen atoms in total. The molecule has 2 aliphatic heterocycles. The number of hydrogen-bond donors (Lipinski definition) is 1. The molecule has 0 radical (unpaired) electrons. The Morgan fingerprint density at radius 2 is 2.50 bits per heavy atom. The number of hydrogen-bond acceptors (Lipinski definition) is 3. The fourth-order valence-corrected chi connectivity index (χ4v) is 2.30. The summed E-state index contributed by atoms with van der Waals surface area (Å²) < 4.78 is 0. The lowest BCUT2D eigenvalue weighted by Gasteiger charge is -2.27. The first-order valence-electron chi connectivity index (χ1n) is 4.77. The lowest BCUT2D eigenvalue weighted by molar-refractivity contribution is -0.117. The Hall–Kier alpha value is -1.58. The first-order chi connectivity index (χ1) is 6.71. The van der Waals surface area contributed by atoms with Crippen LogP contribution >= 0.6 is 0 Å². The van der Waals surface area contributed by atoms with E-state index in [0.717, 1.165) is 17.9 Å². The summed E-state index contributed by atoms with van der Waals surface area (Å²) in [6.45, 7) is 2.04. The quantitative estimate of drug-likeness (QED) is 0.670. The van der Waals surface area contributed by atoms with Crippen molar-refractivity contribution in [3.63, 3.8) is 0 Å². The molecule has 1 aromatic heterocycles. The first-order valence-corrected chi connectivity index (χ1v) is 4.77. The number of nitrogens with zero attached hydrogens (tertiary/aromatic N) is 2. The van der Waals surface area contributed by atoms with Crippen molar-refractivity contribution in [1.82, 2.24) is 4.98 Å². The lowest BCUT2D eigenvalue weighted by atomic mass is 10.1. The Balaban J connectivity index is 2.18. The highest BCUT2D eigenvalue weighted by molar-refractivity contribution is 6.02. The second kappa shape index (κ2) is 2.26. The summed E-state index contributed by atoms with van der Waals surface area (Å²) in [5, 5.41) is 3.30. The van der Waals surface area contributed by atoms with Crippen LogP contribution in [0.15, 0.2) is 18.3 Å². The number of amides is 1. The molecule has 0 aliphatic carbocycles. The average Bonchev–Trinajstić information content (AvgIpc) is 2.60. The molecule has 1 amide bonds. The van der Waals surface area contributed by atoms with E-state index in [0.29, 0.717) is 6.42 Å². The molecule has 0 aromatic carbocycles. The van der Waals surface area contributed by atoms with E-state index in [4.69, 9.17) is 0 Å². The second-order valence-corrected chi connectivity index (χ2v) is 4.00. The van der Waals surface area contributed by atoms with Gasteiger partial charge in [0.25, 0.3) is 0 Å². The predicted molar refractivity (Wildman–Crippen MR) is 53.0 cm³/mol. The van der Waals surface area contributed by atoms with E-state index >= 15 is 0 Å². The Kier molecular flexibility index (Phi) is 1.26. The van der Waals surface area contributed by atoms with Crippen LogP contribution in [0.25, 0.3) is 0 Å². The van der Waals surface area contributed by atoms with Gasteiger partial charge in [0.05, 0.1) is 5.69 Å². The van der Waals surface area contributed by atoms with Crippen LogP contribution in [0.4, 0.5) is 11.5 Å². The van der Waals surface area contributed by atoms with Crippen LogP contribution in [0, 0.1) is 0 Å². The van der Waals surface area contributed by atoms with Crippen LogP contribution in [0.2, 0.25) is 0 Å². The van der Waals surface area contributed by atoms with Crippen LogP contribution in [0.3, 0.4) is 0 Å². The number of carbonyl (C=O) groups is 1. The molecular weight excluding hydrogens is 178 g/mol. The molecular formula is C10H11N3O. The largest absolute Gasteiger partial charge is 0.345 e. The van der Waals surface area contributed by atoms with E-state index in [1.165, 1.54) is 0 Å². The summed E-state index contributed by atoms with van der Waals surface area (Å²) in [6, 6.07) is 3.79. The zero-order valence-electron chi connectivity index (χ0n) is 7.95. The monoisotopic (exact) mass is 189 g/mol. The Morgan fingerprint density at radius 1 is 1.64 bits per heavy atom. The molecule has 14 heavy (non-hydrogen) atoms. The van der Waals surface area contributed by atoms with Crippen molar-refractivity contribution in [2.45, 2.75) is 25.4 Å². The highest BCUT2D eigenvalue weighted by Crippen LogP contribution is 2.44. The SMILES string of the molecule is CC12CCC(=O)N1c1cccnc1N2. The highest BCUT2D eigenvalue weighted by Gasteiger charge is 2.48. The fourth-order valence-electron chi connectivity index (χ4n) is 2.30. The number of aromatic nitrogens is 1. The number of pyridine rings is 1. The summed E-state index contributed by atoms with van der Waals surface area (Å²) in [7, 11) is 0. The van der Waals surface area contributed by atoms with Gasteiger partial charge in [-0.25, -0.2) is 4.98 Å². The smallest absolute Gasteiger partial charge is 0.229 e. The van der Waals surface area contributed by atoms with Crippen LogP contribution in [-0.4, -0.2) is 16.6 Å². The number of nitrogens with one attached hydrogen (secondary N) is 1. The lowest BCUT2D eigenvalue weighted by Crippen LogP contribution is -2.44. The van der Waals surface area contributed by atoms with Gasteiger partial charge in [-0.1, -0.05) is 0 Å². The van der Waals surface area contributed by atoms with Gasteiger partial charge in [0.2, 0.25) is 5.91 Å². The molecule has 1 atom stereocenters. The van der Waals surface area contributed by atoms with E-state index in [1.54, 1.807) is 6.20 Å². The Labute approximate surface area is 81.9 Å². The molecule has 0 bridgehead atoms. The van der Waals surface area contributed by atoms with Crippen LogP contribution in [0.5, 0.6) is 0 Å². The maximum absolute atomic E-state index is 11.7. The molecule has 72 valence electrons. The summed E-state index contributed by atoms with van der Waals surface area (Å²) in [6.07, 6.45) is 3.21. The van der Waals surface area contributed by atoms with E-state index < -0.39 is 0 Å². The maximum Gasteiger partial charge on any atom is 0.229 e. The molecule has 1 aromatic rings. The highest BCUT2D eigenvalue weighted by atomic mass is 16.2. The van der Waals surface area contributed by atoms with Gasteiger partial charge in [-0.15, -0.1) is 0 Å². The van der Waals surface area contributed by atoms with Crippen molar-refractivity contribution in [3.05, 3.63) is 18.3 Å². The van der Waals surface area contributed by atoms with Crippen molar-refractivity contribution in [3.8, 4) is 0 Å². The topological polar surface area (TPSA) is 45.2 Å². The zero-order valence-corrected chi connectivity index (χ0v) is 7.95. The molecule has 0 saturated carbocycles. The van der Waals surface area contributed by atoms with Gasteiger partial charge >= 0.3 is 0 Å². The van der Waals surface area contributed by atoms with E-state index in [9.17, 15) is 4.79 Å². The van der Waals surface area contributed by atoms with E-state index in [2.05, 4.69) is 10.3 Å². The van der Waals surface area contributed by atoms with Crippen molar-refractivity contribution in [1.29, 1.82) is 0 Å². The minimum Gasteiger partial charge on any atom is -0.345 e. The minimum absolute atomic E-state index is 0.187. The Bertz CT molecular complexity index is 418. The molecule has 1 saturated heterocycles. The van der Waals surface area contributed by atoms with Gasteiger partial charge in [0.1, 0.15) is 5.66 Å². The third-order valence-electron chi connectivity index (χ3n) is 2.98. The minimum atomic E-state index is -0.242. The summed E-state index contributed by atoms with van der Waals surface area (Å²) in [5.41, 5.74) is 0.672. The standard InChI is InChI=1S/C10H11N3O/c1-10-5-4-8(14)13(10)7-3-2-6-11-9(7)12-10/h2-3,6H,4-5H2,1H3,(H,11,12). The number of carbonyl (C=O) groups excluding carboxylic acids is 1. The summed E-state index contributed by atoms with van der Waals surface area (Å²) >= 11 is 0. The molecule has 2 aliphatic rings. The third kappa shape index (κ3) is 0.780. The van der Waals surface area contributed by atoms with E-state index in [1.807, 2.05) is 24.0 Å². The maximum atomic E-state index is 11.7. The van der Waals surface area contributed by atoms with Gasteiger partial charge in [-0.05, 0) is 25.5 Å². The molecule has 0 spiro atoms. The van der Waals surface area contributed by atoms with Crippen molar-refractivity contribution in [2.75, 3.05) is 10.2 Å². The molecule has 4 heteroatoms. The molecule has 3 rings (SSSR count). The third-order valence-corrected chi connectivity index (χ3v) is 2.98. The number of rotatable bonds is 0. The number of fused-ring (bicyclic) bond motifs is 3. The summed E-state index contributed by atoms with van der Waals surface area (Å²) in [4.78, 5) is 17.7. The molecule has 1 N–H and O–H groups in total. The van der Waals surface area contributed by atoms with Crippen LogP contribution < -0.4 is 10.2 Å². The van der Waals surface area contributed by atoms with Crippen molar-refractivity contribution < 1.29 is 4.79 Å². The van der Waals surface area contributed by atoms with Gasteiger partial charge in [0, 0.05) is 12.6 Å². The van der Waals surface area contributed by atoms with Crippen LogP contribution in [-0.2, 0) is 4.79 Å². The molecule has 1 unspecified atom stereocenters. The van der Waals surface area contributed by atoms with Gasteiger partial charge in [-0.3, -0.25) is 9.69 Å². The van der Waals surface area contributed by atoms with Crippen LogP contribution in [0.1, 0.15) is 19.8 Å². The predicted octanol–water partition coefficient (Wildman–Crippen LogP) is 1.35. The zero-order chi connectivity index (χ0) is 9.76. The van der Waals surface area contributed by atoms with E-state index in [-0.39, 0.29) is 11.6 Å². The van der Waals surface area contributed by atoms with Crippen molar-refractivity contribution in [2.24, 2.45) is 0 Å². The average molecular weight is 189 g/mol. The number of anilines is 2.